The molecule has 0 amide bonds. The molecular weight excluding hydrogens is 202 g/mol. The highest BCUT2D eigenvalue weighted by Gasteiger charge is 2.49. The monoisotopic (exact) mass is 229 g/mol. The highest BCUT2D eigenvalue weighted by atomic mass is 16.5. The Morgan fingerprint density at radius 2 is 1.81 bits per heavy atom. The van der Waals surface area contributed by atoms with E-state index in [-0.39, 0.29) is 11.5 Å². The Kier molecular flexibility index (Phi) is 4.77. The van der Waals surface area contributed by atoms with Crippen molar-refractivity contribution in [3.05, 3.63) is 0 Å². The first-order chi connectivity index (χ1) is 7.50. The van der Waals surface area contributed by atoms with Gasteiger partial charge in [0.05, 0.1) is 11.7 Å². The molecule has 3 N–H and O–H groups in total. The van der Waals surface area contributed by atoms with Gasteiger partial charge in [0, 0.05) is 19.1 Å². The van der Waals surface area contributed by atoms with Gasteiger partial charge in [0.25, 0.3) is 0 Å². The Hall–Kier alpha value is -0.120. The molecule has 3 heteroatoms. The van der Waals surface area contributed by atoms with Crippen molar-refractivity contribution in [2.24, 2.45) is 11.1 Å². The van der Waals surface area contributed by atoms with Crippen LogP contribution in [-0.2, 0) is 4.74 Å². The van der Waals surface area contributed by atoms with Crippen LogP contribution in [0, 0.1) is 5.41 Å². The first-order valence-corrected chi connectivity index (χ1v) is 6.45. The van der Waals surface area contributed by atoms with Gasteiger partial charge in [-0.05, 0) is 26.7 Å². The van der Waals surface area contributed by atoms with Crippen molar-refractivity contribution >= 4 is 0 Å². The molecule has 1 fully saturated rings. The first kappa shape index (κ1) is 13.9. The van der Waals surface area contributed by atoms with Gasteiger partial charge in [-0.25, -0.2) is 0 Å². The Labute approximate surface area is 99.4 Å². The topological polar surface area (TPSA) is 55.5 Å². The average Bonchev–Trinajstić information content (AvgIpc) is 2.53. The van der Waals surface area contributed by atoms with Gasteiger partial charge < -0.3 is 15.6 Å². The SMILES string of the molecule is COC(C)C(C)(O)C1(CN)CCCCCC1. The zero-order chi connectivity index (χ0) is 12.2. The molecule has 1 saturated carbocycles. The lowest BCUT2D eigenvalue weighted by Crippen LogP contribution is -2.57. The predicted molar refractivity (Wildman–Crippen MR) is 66.3 cm³/mol. The van der Waals surface area contributed by atoms with E-state index < -0.39 is 5.60 Å². The molecular formula is C13H27NO2. The summed E-state index contributed by atoms with van der Waals surface area (Å²) in [5, 5.41) is 10.8. The number of nitrogens with two attached hydrogens (primary N) is 1. The van der Waals surface area contributed by atoms with Gasteiger partial charge in [-0.1, -0.05) is 25.7 Å². The lowest BCUT2D eigenvalue weighted by atomic mass is 9.65. The van der Waals surface area contributed by atoms with E-state index in [1.807, 2.05) is 13.8 Å². The number of ether oxygens (including phenoxy) is 1. The Morgan fingerprint density at radius 1 is 1.31 bits per heavy atom. The van der Waals surface area contributed by atoms with Crippen molar-refractivity contribution < 1.29 is 9.84 Å². The molecule has 0 bridgehead atoms. The van der Waals surface area contributed by atoms with Gasteiger partial charge in [-0.3, -0.25) is 0 Å². The minimum absolute atomic E-state index is 0.168. The van der Waals surface area contributed by atoms with Crippen molar-refractivity contribution in [2.75, 3.05) is 13.7 Å². The molecule has 0 saturated heterocycles. The largest absolute Gasteiger partial charge is 0.387 e. The zero-order valence-electron chi connectivity index (χ0n) is 11.0. The molecule has 2 atom stereocenters. The van der Waals surface area contributed by atoms with E-state index in [0.717, 1.165) is 12.8 Å². The van der Waals surface area contributed by atoms with Crippen LogP contribution < -0.4 is 5.73 Å². The Morgan fingerprint density at radius 3 is 2.19 bits per heavy atom. The third kappa shape index (κ3) is 2.41. The average molecular weight is 229 g/mol. The highest BCUT2D eigenvalue weighted by molar-refractivity contribution is 5.01. The molecule has 0 aromatic rings. The second kappa shape index (κ2) is 5.48. The van der Waals surface area contributed by atoms with Crippen LogP contribution in [0.15, 0.2) is 0 Å². The molecule has 0 spiro atoms. The van der Waals surface area contributed by atoms with Crippen LogP contribution in [0.2, 0.25) is 0 Å². The number of rotatable bonds is 4. The second-order valence-corrected chi connectivity index (χ2v) is 5.42. The summed E-state index contributed by atoms with van der Waals surface area (Å²) < 4.78 is 5.33. The number of hydrogen-bond donors (Lipinski definition) is 2. The van der Waals surface area contributed by atoms with Gasteiger partial charge >= 0.3 is 0 Å². The minimum atomic E-state index is -0.832. The summed E-state index contributed by atoms with van der Waals surface area (Å²) in [4.78, 5) is 0. The van der Waals surface area contributed by atoms with Crippen LogP contribution in [0.25, 0.3) is 0 Å². The van der Waals surface area contributed by atoms with E-state index >= 15 is 0 Å². The smallest absolute Gasteiger partial charge is 0.0945 e. The molecule has 1 rings (SSSR count). The summed E-state index contributed by atoms with van der Waals surface area (Å²) in [6.45, 7) is 4.37. The molecule has 3 nitrogen and oxygen atoms in total. The maximum absolute atomic E-state index is 10.8. The highest BCUT2D eigenvalue weighted by Crippen LogP contribution is 2.45. The molecule has 96 valence electrons. The van der Waals surface area contributed by atoms with Gasteiger partial charge in [-0.2, -0.15) is 0 Å². The lowest BCUT2D eigenvalue weighted by molar-refractivity contribution is -0.154. The van der Waals surface area contributed by atoms with E-state index in [4.69, 9.17) is 10.5 Å². The van der Waals surface area contributed by atoms with Crippen molar-refractivity contribution in [2.45, 2.75) is 64.1 Å². The minimum Gasteiger partial charge on any atom is -0.387 e. The first-order valence-electron chi connectivity index (χ1n) is 6.45. The third-order valence-electron chi connectivity index (χ3n) is 4.67. The van der Waals surface area contributed by atoms with E-state index in [2.05, 4.69) is 0 Å². The van der Waals surface area contributed by atoms with Crippen LogP contribution in [0.3, 0.4) is 0 Å². The quantitative estimate of drug-likeness (QED) is 0.726. The van der Waals surface area contributed by atoms with Gasteiger partial charge in [-0.15, -0.1) is 0 Å². The third-order valence-corrected chi connectivity index (χ3v) is 4.67. The maximum Gasteiger partial charge on any atom is 0.0945 e. The summed E-state index contributed by atoms with van der Waals surface area (Å²) >= 11 is 0. The van der Waals surface area contributed by atoms with Gasteiger partial charge in [0.15, 0.2) is 0 Å². The van der Waals surface area contributed by atoms with E-state index in [9.17, 15) is 5.11 Å². The molecule has 1 aliphatic carbocycles. The predicted octanol–water partition coefficient (Wildman–Crippen LogP) is 2.07. The van der Waals surface area contributed by atoms with Crippen molar-refractivity contribution in [1.29, 1.82) is 0 Å². The van der Waals surface area contributed by atoms with Crippen molar-refractivity contribution in [1.82, 2.24) is 0 Å². The van der Waals surface area contributed by atoms with Crippen LogP contribution in [0.5, 0.6) is 0 Å². The van der Waals surface area contributed by atoms with E-state index in [0.29, 0.717) is 6.54 Å². The van der Waals surface area contributed by atoms with E-state index in [1.165, 1.54) is 25.7 Å². The molecule has 0 aromatic heterocycles. The molecule has 16 heavy (non-hydrogen) atoms. The summed E-state index contributed by atoms with van der Waals surface area (Å²) in [5.41, 5.74) is 4.97. The Bertz CT molecular complexity index is 208. The maximum atomic E-state index is 10.8. The second-order valence-electron chi connectivity index (χ2n) is 5.42. The van der Waals surface area contributed by atoms with Crippen molar-refractivity contribution in [3.8, 4) is 0 Å². The number of methoxy groups -OCH3 is 1. The van der Waals surface area contributed by atoms with Crippen LogP contribution >= 0.6 is 0 Å². The lowest BCUT2D eigenvalue weighted by Gasteiger charge is -2.47. The van der Waals surface area contributed by atoms with Gasteiger partial charge in [0.1, 0.15) is 0 Å². The fourth-order valence-corrected chi connectivity index (χ4v) is 2.98. The fourth-order valence-electron chi connectivity index (χ4n) is 2.98. The Balaban J connectivity index is 2.91. The molecule has 2 unspecified atom stereocenters. The molecule has 0 heterocycles. The zero-order valence-corrected chi connectivity index (χ0v) is 11.0. The number of aliphatic hydroxyl groups is 1. The summed E-state index contributed by atoms with van der Waals surface area (Å²) in [5.74, 6) is 0. The van der Waals surface area contributed by atoms with Crippen LogP contribution in [-0.4, -0.2) is 30.5 Å². The van der Waals surface area contributed by atoms with Crippen molar-refractivity contribution in [3.63, 3.8) is 0 Å². The summed E-state index contributed by atoms with van der Waals surface area (Å²) in [7, 11) is 1.65. The normalized spacial score (nSPS) is 26.8. The molecule has 0 aliphatic heterocycles. The summed E-state index contributed by atoms with van der Waals surface area (Å²) in [6, 6.07) is 0. The standard InChI is InChI=1S/C13H27NO2/c1-11(16-3)12(2,15)13(10-14)8-6-4-5-7-9-13/h11,15H,4-10,14H2,1-3H3. The van der Waals surface area contributed by atoms with Crippen LogP contribution in [0.1, 0.15) is 52.4 Å². The summed E-state index contributed by atoms with van der Waals surface area (Å²) in [6.07, 6.45) is 6.73. The molecule has 0 aromatic carbocycles. The number of hydrogen-bond acceptors (Lipinski definition) is 3. The molecule has 1 aliphatic rings. The van der Waals surface area contributed by atoms with Crippen LogP contribution in [0.4, 0.5) is 0 Å². The molecule has 0 radical (unpaired) electrons. The van der Waals surface area contributed by atoms with Gasteiger partial charge in [0.2, 0.25) is 0 Å². The van der Waals surface area contributed by atoms with E-state index in [1.54, 1.807) is 7.11 Å². The fraction of sp³-hybridized carbons (Fsp3) is 1.00.